The monoisotopic (exact) mass is 648 g/mol. The number of hydrogen-bond donors (Lipinski definition) is 1. The van der Waals surface area contributed by atoms with Gasteiger partial charge in [-0.1, -0.05) is 129 Å². The second kappa shape index (κ2) is 27.7. The second-order valence-corrected chi connectivity index (χ2v) is 10.7. The highest BCUT2D eigenvalue weighted by Gasteiger charge is 2.21. The first-order chi connectivity index (χ1) is 22.6. The van der Waals surface area contributed by atoms with E-state index in [2.05, 4.69) is 131 Å². The Kier molecular flexibility index (Phi) is 24.5. The van der Waals surface area contributed by atoms with Gasteiger partial charge in [0.15, 0.2) is 0 Å². The molecule has 0 spiro atoms. The molecule has 6 rings (SSSR count). The summed E-state index contributed by atoms with van der Waals surface area (Å²) in [6, 6.07) is 42.1. The summed E-state index contributed by atoms with van der Waals surface area (Å²) < 4.78 is 28.4. The number of aliphatic hydroxyl groups is 1. The first-order valence-corrected chi connectivity index (χ1v) is 15.6. The van der Waals surface area contributed by atoms with Crippen LogP contribution in [0, 0.1) is 0 Å². The van der Waals surface area contributed by atoms with Gasteiger partial charge in [-0.05, 0) is 35.1 Å². The van der Waals surface area contributed by atoms with Crippen LogP contribution in [-0.4, -0.2) is 91.5 Å². The van der Waals surface area contributed by atoms with E-state index in [0.29, 0.717) is 25.4 Å². The molecular weight excluding hydrogens is 592 g/mol. The van der Waals surface area contributed by atoms with Crippen LogP contribution in [0.2, 0.25) is 0 Å². The quantitative estimate of drug-likeness (QED) is 0.168. The van der Waals surface area contributed by atoms with Crippen molar-refractivity contribution in [3.8, 4) is 0 Å². The molecule has 7 heteroatoms. The molecule has 258 valence electrons. The molecular formula is C40H56O7. The summed E-state index contributed by atoms with van der Waals surface area (Å²) in [5.74, 6) is 0. The van der Waals surface area contributed by atoms with E-state index in [-0.39, 0.29) is 7.43 Å². The molecule has 2 aliphatic rings. The van der Waals surface area contributed by atoms with Crippen LogP contribution in [0.4, 0.5) is 0 Å². The first kappa shape index (κ1) is 41.6. The Bertz CT molecular complexity index is 1030. The van der Waals surface area contributed by atoms with Crippen molar-refractivity contribution < 1.29 is 33.5 Å². The van der Waals surface area contributed by atoms with Crippen LogP contribution in [-0.2, 0) is 41.3 Å². The van der Waals surface area contributed by atoms with Crippen molar-refractivity contribution in [2.24, 2.45) is 0 Å². The Morgan fingerprint density at radius 3 is 0.936 bits per heavy atom. The number of epoxide rings is 2. The molecule has 0 aliphatic carbocycles. The molecule has 2 aliphatic heterocycles. The third kappa shape index (κ3) is 23.6. The lowest BCUT2D eigenvalue weighted by Crippen LogP contribution is -2.19. The topological polar surface area (TPSA) is 82.2 Å². The van der Waals surface area contributed by atoms with Crippen LogP contribution in [0.5, 0.6) is 0 Å². The van der Waals surface area contributed by atoms with E-state index >= 15 is 0 Å². The smallest absolute Gasteiger partial charge is 0.104 e. The molecule has 0 saturated carbocycles. The molecule has 0 radical (unpaired) electrons. The zero-order chi connectivity index (χ0) is 33.1. The molecule has 0 aromatic heterocycles. The Morgan fingerprint density at radius 1 is 0.511 bits per heavy atom. The van der Waals surface area contributed by atoms with Gasteiger partial charge in [-0.3, -0.25) is 0 Å². The van der Waals surface area contributed by atoms with Gasteiger partial charge in [0.1, 0.15) is 18.3 Å². The maximum Gasteiger partial charge on any atom is 0.104 e. The average molecular weight is 649 g/mol. The number of ether oxygens (including phenoxy) is 6. The minimum atomic E-state index is -0.481. The fourth-order valence-corrected chi connectivity index (χ4v) is 3.99. The minimum absolute atomic E-state index is 0. The predicted octanol–water partition coefficient (Wildman–Crippen LogP) is 6.89. The lowest BCUT2D eigenvalue weighted by Gasteiger charge is -2.05. The molecule has 4 aromatic rings. The van der Waals surface area contributed by atoms with Gasteiger partial charge < -0.3 is 33.5 Å². The summed E-state index contributed by atoms with van der Waals surface area (Å²) >= 11 is 0. The Hall–Kier alpha value is -3.40. The molecule has 4 aromatic carbocycles. The Morgan fingerprint density at radius 2 is 0.766 bits per heavy atom. The van der Waals surface area contributed by atoms with Gasteiger partial charge in [0.25, 0.3) is 0 Å². The minimum Gasteiger partial charge on any atom is -0.388 e. The summed E-state index contributed by atoms with van der Waals surface area (Å²) in [4.78, 5) is 0. The van der Waals surface area contributed by atoms with Gasteiger partial charge in [-0.2, -0.15) is 0 Å². The summed E-state index contributed by atoms with van der Waals surface area (Å²) in [6.45, 7) is 4.00. The molecule has 2 heterocycles. The van der Waals surface area contributed by atoms with E-state index in [0.717, 1.165) is 39.3 Å². The standard InChI is InChI=1S/2C13H12.C5H12O3.2C4H8O2.CH4/c2*1-3-7-12(8-4-1)11-13-9-5-2-6-10-13;1-7-3-5(6)4-8-2;2*1-5-2-4-3-6-4;/h2*1-10H,11H2;5-6H,3-4H2,1-2H3;2*4H,2-3H2,1H3;1H4. The highest BCUT2D eigenvalue weighted by atomic mass is 16.6. The van der Waals surface area contributed by atoms with E-state index in [9.17, 15) is 0 Å². The van der Waals surface area contributed by atoms with Crippen molar-refractivity contribution in [2.45, 2.75) is 38.6 Å². The van der Waals surface area contributed by atoms with Crippen molar-refractivity contribution in [3.05, 3.63) is 144 Å². The summed E-state index contributed by atoms with van der Waals surface area (Å²) in [5.41, 5.74) is 5.48. The Labute approximate surface area is 283 Å². The molecule has 0 bridgehead atoms. The maximum atomic E-state index is 8.80. The largest absolute Gasteiger partial charge is 0.388 e. The first-order valence-electron chi connectivity index (χ1n) is 15.6. The van der Waals surface area contributed by atoms with Crippen LogP contribution >= 0.6 is 0 Å². The summed E-state index contributed by atoms with van der Waals surface area (Å²) in [5, 5.41) is 8.80. The van der Waals surface area contributed by atoms with E-state index in [1.54, 1.807) is 28.4 Å². The normalized spacial score (nSPS) is 15.0. The zero-order valence-electron chi connectivity index (χ0n) is 27.8. The maximum absolute atomic E-state index is 8.80. The van der Waals surface area contributed by atoms with E-state index in [1.807, 2.05) is 0 Å². The fraction of sp³-hybridized carbons (Fsp3) is 0.400. The summed E-state index contributed by atoms with van der Waals surface area (Å²) in [6.07, 6.45) is 2.43. The highest BCUT2D eigenvalue weighted by Crippen LogP contribution is 2.09. The third-order valence-electron chi connectivity index (χ3n) is 6.42. The van der Waals surface area contributed by atoms with Gasteiger partial charge in [0.05, 0.1) is 39.6 Å². The van der Waals surface area contributed by atoms with Crippen molar-refractivity contribution in [3.63, 3.8) is 0 Å². The summed E-state index contributed by atoms with van der Waals surface area (Å²) in [7, 11) is 6.45. The molecule has 47 heavy (non-hydrogen) atoms. The van der Waals surface area contributed by atoms with Gasteiger partial charge in [0, 0.05) is 28.4 Å². The van der Waals surface area contributed by atoms with Gasteiger partial charge in [-0.15, -0.1) is 0 Å². The molecule has 2 saturated heterocycles. The number of benzene rings is 4. The lowest BCUT2D eigenvalue weighted by molar-refractivity contribution is 0.00980. The van der Waals surface area contributed by atoms with Gasteiger partial charge in [0.2, 0.25) is 0 Å². The Balaban J connectivity index is 0.000000304. The van der Waals surface area contributed by atoms with E-state index in [4.69, 9.17) is 24.1 Å². The number of methoxy groups -OCH3 is 4. The molecule has 2 atom stereocenters. The number of rotatable bonds is 12. The van der Waals surface area contributed by atoms with Crippen LogP contribution in [0.1, 0.15) is 29.7 Å². The number of hydrogen-bond acceptors (Lipinski definition) is 7. The van der Waals surface area contributed by atoms with Gasteiger partial charge in [-0.25, -0.2) is 0 Å². The van der Waals surface area contributed by atoms with Crippen molar-refractivity contribution in [1.82, 2.24) is 0 Å². The van der Waals surface area contributed by atoms with Crippen molar-refractivity contribution in [1.29, 1.82) is 0 Å². The molecule has 1 N–H and O–H groups in total. The average Bonchev–Trinajstić information content (AvgIpc) is 4.03. The van der Waals surface area contributed by atoms with Crippen molar-refractivity contribution in [2.75, 3.05) is 68.1 Å². The van der Waals surface area contributed by atoms with Crippen molar-refractivity contribution >= 4 is 0 Å². The van der Waals surface area contributed by atoms with Crippen LogP contribution in [0.3, 0.4) is 0 Å². The fourth-order valence-electron chi connectivity index (χ4n) is 3.99. The lowest BCUT2D eigenvalue weighted by atomic mass is 10.1. The third-order valence-corrected chi connectivity index (χ3v) is 6.42. The predicted molar refractivity (Wildman–Crippen MR) is 191 cm³/mol. The highest BCUT2D eigenvalue weighted by molar-refractivity contribution is 5.26. The molecule has 0 amide bonds. The SMILES string of the molecule is C.COCC(O)COC.COCC1CO1.COCC1CO1.c1ccc(Cc2ccccc2)cc1.c1ccc(Cc2ccccc2)cc1. The zero-order valence-corrected chi connectivity index (χ0v) is 27.8. The molecule has 2 unspecified atom stereocenters. The van der Waals surface area contributed by atoms with Gasteiger partial charge >= 0.3 is 0 Å². The second-order valence-electron chi connectivity index (χ2n) is 10.7. The van der Waals surface area contributed by atoms with E-state index < -0.39 is 6.10 Å². The van der Waals surface area contributed by atoms with Crippen LogP contribution in [0.25, 0.3) is 0 Å². The van der Waals surface area contributed by atoms with Crippen LogP contribution < -0.4 is 0 Å². The molecule has 7 nitrogen and oxygen atoms in total. The van der Waals surface area contributed by atoms with E-state index in [1.165, 1.54) is 22.3 Å². The number of aliphatic hydroxyl groups excluding tert-OH is 1. The molecule has 2 fully saturated rings. The van der Waals surface area contributed by atoms with Crippen LogP contribution in [0.15, 0.2) is 121 Å².